The molecule has 1 aliphatic heterocycles. The van der Waals surface area contributed by atoms with Crippen LogP contribution in [0, 0.1) is 0 Å². The number of likely N-dealkylation sites (tertiary alicyclic amines) is 1. The summed E-state index contributed by atoms with van der Waals surface area (Å²) in [6, 6.07) is 5.25. The molecule has 0 unspecified atom stereocenters. The fraction of sp³-hybridized carbons (Fsp3) is 0.500. The average Bonchev–Trinajstić information content (AvgIpc) is 3.05. The molecule has 1 fully saturated rings. The number of hydrogen-bond donors (Lipinski definition) is 3. The number of amides is 1. The Morgan fingerprint density at radius 2 is 2.00 bits per heavy atom. The van der Waals surface area contributed by atoms with Gasteiger partial charge in [-0.1, -0.05) is 0 Å². The van der Waals surface area contributed by atoms with Crippen LogP contribution in [0.2, 0.25) is 0 Å². The zero-order chi connectivity index (χ0) is 19.4. The number of hydrogen-bond acceptors (Lipinski definition) is 4. The molecule has 7 heteroatoms. The third-order valence-electron chi connectivity index (χ3n) is 5.23. The van der Waals surface area contributed by atoms with E-state index in [1.165, 1.54) is 11.3 Å². The number of benzene rings is 1. The van der Waals surface area contributed by atoms with Crippen LogP contribution in [-0.2, 0) is 9.53 Å². The number of ether oxygens (including phenoxy) is 2. The average molecular weight is 374 g/mol. The Bertz CT molecular complexity index is 824. The molecule has 7 nitrogen and oxygen atoms in total. The SMILES string of the molecule is CCOC(=O)c1[nH]c2ccc(OC)cc2c1NC(=O)[C@H](C)[NH+]1CCCCC1. The summed E-state index contributed by atoms with van der Waals surface area (Å²) in [5.41, 5.74) is 1.46. The number of quaternary nitrogens is 1. The number of esters is 1. The predicted molar refractivity (Wildman–Crippen MR) is 103 cm³/mol. The smallest absolute Gasteiger partial charge is 0.356 e. The van der Waals surface area contributed by atoms with Gasteiger partial charge in [-0.2, -0.15) is 0 Å². The van der Waals surface area contributed by atoms with Crippen molar-refractivity contribution >= 4 is 28.5 Å². The number of aromatic amines is 1. The number of fused-ring (bicyclic) bond motifs is 1. The molecule has 1 aromatic heterocycles. The largest absolute Gasteiger partial charge is 0.497 e. The van der Waals surface area contributed by atoms with Crippen LogP contribution in [0.15, 0.2) is 18.2 Å². The van der Waals surface area contributed by atoms with E-state index in [0.29, 0.717) is 11.4 Å². The molecule has 1 aliphatic rings. The van der Waals surface area contributed by atoms with Crippen molar-refractivity contribution in [3.8, 4) is 5.75 Å². The van der Waals surface area contributed by atoms with Crippen molar-refractivity contribution in [2.75, 3.05) is 32.1 Å². The molecule has 0 spiro atoms. The van der Waals surface area contributed by atoms with Crippen LogP contribution in [0.3, 0.4) is 0 Å². The Labute approximate surface area is 159 Å². The van der Waals surface area contributed by atoms with E-state index < -0.39 is 5.97 Å². The molecule has 1 saturated heterocycles. The van der Waals surface area contributed by atoms with E-state index in [0.717, 1.165) is 36.8 Å². The van der Waals surface area contributed by atoms with Gasteiger partial charge in [0.15, 0.2) is 6.04 Å². The molecule has 1 atom stereocenters. The molecule has 2 aromatic rings. The lowest BCUT2D eigenvalue weighted by molar-refractivity contribution is -0.918. The van der Waals surface area contributed by atoms with Gasteiger partial charge in [0.2, 0.25) is 0 Å². The minimum atomic E-state index is -0.485. The highest BCUT2D eigenvalue weighted by Gasteiger charge is 2.29. The van der Waals surface area contributed by atoms with Gasteiger partial charge >= 0.3 is 5.97 Å². The fourth-order valence-electron chi connectivity index (χ4n) is 3.64. The van der Waals surface area contributed by atoms with E-state index >= 15 is 0 Å². The zero-order valence-electron chi connectivity index (χ0n) is 16.2. The number of H-pyrrole nitrogens is 1. The predicted octanol–water partition coefficient (Wildman–Crippen LogP) is 1.75. The summed E-state index contributed by atoms with van der Waals surface area (Å²) >= 11 is 0. The first-order valence-electron chi connectivity index (χ1n) is 9.57. The Hall–Kier alpha value is -2.54. The third-order valence-corrected chi connectivity index (χ3v) is 5.23. The number of anilines is 1. The molecule has 1 aromatic carbocycles. The number of rotatable bonds is 6. The van der Waals surface area contributed by atoms with Gasteiger partial charge in [0.05, 0.1) is 32.5 Å². The summed E-state index contributed by atoms with van der Waals surface area (Å²) < 4.78 is 10.5. The number of aromatic nitrogens is 1. The molecule has 0 bridgehead atoms. The highest BCUT2D eigenvalue weighted by molar-refractivity contribution is 6.11. The second-order valence-electron chi connectivity index (χ2n) is 6.94. The third kappa shape index (κ3) is 4.08. The second-order valence-corrected chi connectivity index (χ2v) is 6.94. The first kappa shape index (κ1) is 19.2. The van der Waals surface area contributed by atoms with Crippen LogP contribution in [0.25, 0.3) is 10.9 Å². The molecule has 0 radical (unpaired) electrons. The zero-order valence-corrected chi connectivity index (χ0v) is 16.2. The topological polar surface area (TPSA) is 84.9 Å². The van der Waals surface area contributed by atoms with Gasteiger partial charge in [-0.3, -0.25) is 4.79 Å². The van der Waals surface area contributed by atoms with Crippen LogP contribution in [0.4, 0.5) is 5.69 Å². The summed E-state index contributed by atoms with van der Waals surface area (Å²) in [5, 5.41) is 3.70. The van der Waals surface area contributed by atoms with Crippen molar-refractivity contribution in [1.29, 1.82) is 0 Å². The normalized spacial score (nSPS) is 16.1. The van der Waals surface area contributed by atoms with Crippen LogP contribution < -0.4 is 15.0 Å². The van der Waals surface area contributed by atoms with Crippen molar-refractivity contribution in [2.24, 2.45) is 0 Å². The molecule has 27 heavy (non-hydrogen) atoms. The maximum absolute atomic E-state index is 12.9. The van der Waals surface area contributed by atoms with Gasteiger partial charge < -0.3 is 24.7 Å². The molecule has 146 valence electrons. The second kappa shape index (κ2) is 8.43. The number of carbonyl (C=O) groups is 2. The van der Waals surface area contributed by atoms with Crippen molar-refractivity contribution in [3.63, 3.8) is 0 Å². The maximum atomic E-state index is 12.9. The highest BCUT2D eigenvalue weighted by atomic mass is 16.5. The minimum absolute atomic E-state index is 0.0961. The molecule has 2 heterocycles. The number of piperidine rings is 1. The lowest BCUT2D eigenvalue weighted by atomic mass is 10.1. The molecular formula is C20H28N3O4+. The first-order chi connectivity index (χ1) is 13.0. The van der Waals surface area contributed by atoms with E-state index in [2.05, 4.69) is 10.3 Å². The quantitative estimate of drug-likeness (QED) is 0.673. The molecular weight excluding hydrogens is 346 g/mol. The highest BCUT2D eigenvalue weighted by Crippen LogP contribution is 2.31. The Balaban J connectivity index is 1.93. The van der Waals surface area contributed by atoms with Crippen LogP contribution in [-0.4, -0.2) is 49.7 Å². The van der Waals surface area contributed by atoms with E-state index in [4.69, 9.17) is 9.47 Å². The number of methoxy groups -OCH3 is 1. The van der Waals surface area contributed by atoms with E-state index in [1.807, 2.05) is 19.1 Å². The van der Waals surface area contributed by atoms with Gasteiger partial charge in [0, 0.05) is 10.9 Å². The van der Waals surface area contributed by atoms with E-state index in [1.54, 1.807) is 20.1 Å². The molecule has 0 saturated carbocycles. The van der Waals surface area contributed by atoms with Crippen molar-refractivity contribution < 1.29 is 24.0 Å². The lowest BCUT2D eigenvalue weighted by Crippen LogP contribution is -3.17. The standard InChI is InChI=1S/C20H27N3O4/c1-4-27-20(25)18-17(15-12-14(26-3)8-9-16(15)21-18)22-19(24)13(2)23-10-6-5-7-11-23/h8-9,12-13,21H,4-7,10-11H2,1-3H3,(H,22,24)/p+1/t13-/m0/s1. The van der Waals surface area contributed by atoms with E-state index in [-0.39, 0.29) is 24.2 Å². The summed E-state index contributed by atoms with van der Waals surface area (Å²) in [6.45, 7) is 5.96. The molecule has 3 rings (SSSR count). The van der Waals surface area contributed by atoms with Crippen molar-refractivity contribution in [1.82, 2.24) is 4.98 Å². The Morgan fingerprint density at radius 1 is 1.26 bits per heavy atom. The van der Waals surface area contributed by atoms with Gasteiger partial charge in [-0.25, -0.2) is 4.79 Å². The monoisotopic (exact) mass is 374 g/mol. The molecule has 1 amide bonds. The summed E-state index contributed by atoms with van der Waals surface area (Å²) in [5.74, 6) is 0.0734. The van der Waals surface area contributed by atoms with Gasteiger partial charge in [-0.15, -0.1) is 0 Å². The number of nitrogens with one attached hydrogen (secondary N) is 3. The molecule has 3 N–H and O–H groups in total. The van der Waals surface area contributed by atoms with E-state index in [9.17, 15) is 9.59 Å². The minimum Gasteiger partial charge on any atom is -0.497 e. The van der Waals surface area contributed by atoms with Crippen LogP contribution in [0.5, 0.6) is 5.75 Å². The first-order valence-corrected chi connectivity index (χ1v) is 9.57. The van der Waals surface area contributed by atoms with Crippen LogP contribution in [0.1, 0.15) is 43.6 Å². The fourth-order valence-corrected chi connectivity index (χ4v) is 3.64. The Morgan fingerprint density at radius 3 is 2.67 bits per heavy atom. The van der Waals surface area contributed by atoms with Crippen molar-refractivity contribution in [2.45, 2.75) is 39.2 Å². The number of carbonyl (C=O) groups excluding carboxylic acids is 2. The summed E-state index contributed by atoms with van der Waals surface area (Å²) in [7, 11) is 1.58. The Kier molecular flexibility index (Phi) is 6.01. The summed E-state index contributed by atoms with van der Waals surface area (Å²) in [4.78, 5) is 29.7. The molecule has 0 aliphatic carbocycles. The van der Waals surface area contributed by atoms with Crippen LogP contribution >= 0.6 is 0 Å². The van der Waals surface area contributed by atoms with Crippen molar-refractivity contribution in [3.05, 3.63) is 23.9 Å². The van der Waals surface area contributed by atoms with Gasteiger partial charge in [0.25, 0.3) is 5.91 Å². The lowest BCUT2D eigenvalue weighted by Gasteiger charge is -2.28. The maximum Gasteiger partial charge on any atom is 0.356 e. The van der Waals surface area contributed by atoms with Gasteiger partial charge in [0.1, 0.15) is 11.4 Å². The van der Waals surface area contributed by atoms with Gasteiger partial charge in [-0.05, 0) is 51.3 Å². The summed E-state index contributed by atoms with van der Waals surface area (Å²) in [6.07, 6.45) is 3.52.